The van der Waals surface area contributed by atoms with Gasteiger partial charge in [-0.25, -0.2) is 9.07 Å². The molecule has 0 atom stereocenters. The number of hydrogen-bond donors (Lipinski definition) is 1. The van der Waals surface area contributed by atoms with Crippen molar-refractivity contribution in [1.82, 2.24) is 15.1 Å². The van der Waals surface area contributed by atoms with Crippen LogP contribution in [0.1, 0.15) is 30.7 Å². The van der Waals surface area contributed by atoms with Gasteiger partial charge in [-0.1, -0.05) is 13.8 Å². The third-order valence-corrected chi connectivity index (χ3v) is 3.20. The summed E-state index contributed by atoms with van der Waals surface area (Å²) in [5.41, 5.74) is 4.06. The SMILES string of the molecule is Cc1cc(F)ccc1-n1ncc(CNC(C)C)c1C. The Hall–Kier alpha value is -1.68. The predicted octanol–water partition coefficient (Wildman–Crippen LogP) is 3.13. The average molecular weight is 261 g/mol. The summed E-state index contributed by atoms with van der Waals surface area (Å²) in [6.45, 7) is 8.95. The maximum absolute atomic E-state index is 13.1. The molecule has 0 amide bonds. The summed E-state index contributed by atoms with van der Waals surface area (Å²) in [5, 5.41) is 7.79. The van der Waals surface area contributed by atoms with Crippen molar-refractivity contribution >= 4 is 0 Å². The van der Waals surface area contributed by atoms with Crippen molar-refractivity contribution in [1.29, 1.82) is 0 Å². The van der Waals surface area contributed by atoms with Gasteiger partial charge in [-0.2, -0.15) is 5.10 Å². The summed E-state index contributed by atoms with van der Waals surface area (Å²) < 4.78 is 15.0. The second-order valence-electron chi connectivity index (χ2n) is 5.13. The molecular formula is C15H20FN3. The lowest BCUT2D eigenvalue weighted by atomic mass is 10.2. The van der Waals surface area contributed by atoms with E-state index in [0.717, 1.165) is 29.1 Å². The third-order valence-electron chi connectivity index (χ3n) is 3.20. The van der Waals surface area contributed by atoms with Crippen molar-refractivity contribution in [2.45, 2.75) is 40.3 Å². The lowest BCUT2D eigenvalue weighted by molar-refractivity contribution is 0.587. The van der Waals surface area contributed by atoms with E-state index in [2.05, 4.69) is 24.3 Å². The minimum Gasteiger partial charge on any atom is -0.310 e. The predicted molar refractivity (Wildman–Crippen MR) is 75.0 cm³/mol. The Morgan fingerprint density at radius 3 is 2.68 bits per heavy atom. The molecule has 0 saturated heterocycles. The number of aromatic nitrogens is 2. The number of rotatable bonds is 4. The van der Waals surface area contributed by atoms with Crippen molar-refractivity contribution < 1.29 is 4.39 Å². The maximum Gasteiger partial charge on any atom is 0.123 e. The molecule has 0 aliphatic carbocycles. The highest BCUT2D eigenvalue weighted by atomic mass is 19.1. The van der Waals surface area contributed by atoms with Gasteiger partial charge in [0.15, 0.2) is 0 Å². The number of hydrogen-bond acceptors (Lipinski definition) is 2. The molecule has 4 heteroatoms. The summed E-state index contributed by atoms with van der Waals surface area (Å²) in [7, 11) is 0. The molecule has 0 unspecified atom stereocenters. The van der Waals surface area contributed by atoms with Crippen LogP contribution in [0, 0.1) is 19.7 Å². The minimum atomic E-state index is -0.215. The number of benzene rings is 1. The highest BCUT2D eigenvalue weighted by Crippen LogP contribution is 2.18. The Morgan fingerprint density at radius 1 is 1.32 bits per heavy atom. The second-order valence-corrected chi connectivity index (χ2v) is 5.13. The molecule has 0 aliphatic heterocycles. The summed E-state index contributed by atoms with van der Waals surface area (Å²) in [6, 6.07) is 5.21. The number of halogens is 1. The zero-order valence-corrected chi connectivity index (χ0v) is 11.9. The summed E-state index contributed by atoms with van der Waals surface area (Å²) in [6.07, 6.45) is 1.87. The van der Waals surface area contributed by atoms with Gasteiger partial charge >= 0.3 is 0 Å². The highest BCUT2D eigenvalue weighted by Gasteiger charge is 2.10. The number of aryl methyl sites for hydroxylation is 1. The van der Waals surface area contributed by atoms with Crippen LogP contribution in [0.4, 0.5) is 4.39 Å². The van der Waals surface area contributed by atoms with Gasteiger partial charge in [0.25, 0.3) is 0 Å². The van der Waals surface area contributed by atoms with E-state index in [-0.39, 0.29) is 5.82 Å². The van der Waals surface area contributed by atoms with Gasteiger partial charge in [0.05, 0.1) is 11.9 Å². The molecular weight excluding hydrogens is 241 g/mol. The fourth-order valence-corrected chi connectivity index (χ4v) is 2.03. The van der Waals surface area contributed by atoms with Crippen molar-refractivity contribution in [2.75, 3.05) is 0 Å². The average Bonchev–Trinajstić information content (AvgIpc) is 2.68. The van der Waals surface area contributed by atoms with E-state index in [1.165, 1.54) is 12.1 Å². The minimum absolute atomic E-state index is 0.215. The lowest BCUT2D eigenvalue weighted by Gasteiger charge is -2.10. The van der Waals surface area contributed by atoms with Gasteiger partial charge in [0.1, 0.15) is 5.82 Å². The van der Waals surface area contributed by atoms with Gasteiger partial charge in [-0.05, 0) is 37.6 Å². The first-order valence-corrected chi connectivity index (χ1v) is 6.52. The fraction of sp³-hybridized carbons (Fsp3) is 0.400. The van der Waals surface area contributed by atoms with Crippen LogP contribution >= 0.6 is 0 Å². The fourth-order valence-electron chi connectivity index (χ4n) is 2.03. The van der Waals surface area contributed by atoms with Gasteiger partial charge < -0.3 is 5.32 Å². The molecule has 102 valence electrons. The van der Waals surface area contributed by atoms with Crippen molar-refractivity contribution in [3.8, 4) is 5.69 Å². The zero-order chi connectivity index (χ0) is 14.0. The zero-order valence-electron chi connectivity index (χ0n) is 11.9. The Balaban J connectivity index is 2.31. The summed E-state index contributed by atoms with van der Waals surface area (Å²) in [5.74, 6) is -0.215. The number of nitrogens with zero attached hydrogens (tertiary/aromatic N) is 2. The van der Waals surface area contributed by atoms with Crippen molar-refractivity contribution in [3.05, 3.63) is 47.0 Å². The Kier molecular flexibility index (Phi) is 4.00. The molecule has 1 aromatic carbocycles. The van der Waals surface area contributed by atoms with E-state index in [1.54, 1.807) is 6.07 Å². The van der Waals surface area contributed by atoms with Gasteiger partial charge in [-0.15, -0.1) is 0 Å². The van der Waals surface area contributed by atoms with Crippen molar-refractivity contribution in [3.63, 3.8) is 0 Å². The maximum atomic E-state index is 13.1. The Labute approximate surface area is 113 Å². The van der Waals surface area contributed by atoms with Crippen LogP contribution in [-0.2, 0) is 6.54 Å². The van der Waals surface area contributed by atoms with Crippen LogP contribution in [0.25, 0.3) is 5.69 Å². The second kappa shape index (κ2) is 5.53. The first-order chi connectivity index (χ1) is 8.99. The van der Waals surface area contributed by atoms with E-state index < -0.39 is 0 Å². The van der Waals surface area contributed by atoms with E-state index in [9.17, 15) is 4.39 Å². The first kappa shape index (κ1) is 13.7. The largest absolute Gasteiger partial charge is 0.310 e. The van der Waals surface area contributed by atoms with E-state index >= 15 is 0 Å². The monoisotopic (exact) mass is 261 g/mol. The van der Waals surface area contributed by atoms with Crippen molar-refractivity contribution in [2.24, 2.45) is 0 Å². The van der Waals surface area contributed by atoms with E-state index in [4.69, 9.17) is 0 Å². The molecule has 0 aliphatic rings. The third kappa shape index (κ3) is 3.01. The molecule has 3 nitrogen and oxygen atoms in total. The van der Waals surface area contributed by atoms with Crippen LogP contribution in [0.15, 0.2) is 24.4 Å². The lowest BCUT2D eigenvalue weighted by Crippen LogP contribution is -2.22. The molecule has 0 bridgehead atoms. The van der Waals surface area contributed by atoms with Crippen LogP contribution in [0.2, 0.25) is 0 Å². The normalized spacial score (nSPS) is 11.3. The topological polar surface area (TPSA) is 29.9 Å². The van der Waals surface area contributed by atoms with Gasteiger partial charge in [0, 0.05) is 23.8 Å². The molecule has 19 heavy (non-hydrogen) atoms. The molecule has 2 aromatic rings. The van der Waals surface area contributed by atoms with E-state index in [1.807, 2.05) is 24.7 Å². The van der Waals surface area contributed by atoms with Gasteiger partial charge in [-0.3, -0.25) is 0 Å². The van der Waals surface area contributed by atoms with Crippen LogP contribution in [-0.4, -0.2) is 15.8 Å². The summed E-state index contributed by atoms with van der Waals surface area (Å²) in [4.78, 5) is 0. The van der Waals surface area contributed by atoms with Crippen LogP contribution in [0.3, 0.4) is 0 Å². The molecule has 0 radical (unpaired) electrons. The smallest absolute Gasteiger partial charge is 0.123 e. The molecule has 1 heterocycles. The molecule has 0 fully saturated rings. The quantitative estimate of drug-likeness (QED) is 0.916. The molecule has 1 N–H and O–H groups in total. The molecule has 2 rings (SSSR count). The number of nitrogens with one attached hydrogen (secondary N) is 1. The molecule has 0 saturated carbocycles. The first-order valence-electron chi connectivity index (χ1n) is 6.52. The standard InChI is InChI=1S/C15H20FN3/c1-10(2)17-8-13-9-18-19(12(13)4)15-6-5-14(16)7-11(15)3/h5-7,9-10,17H,8H2,1-4H3. The highest BCUT2D eigenvalue weighted by molar-refractivity contribution is 5.42. The van der Waals surface area contributed by atoms with Crippen LogP contribution < -0.4 is 5.32 Å². The Morgan fingerprint density at radius 2 is 2.05 bits per heavy atom. The summed E-state index contributed by atoms with van der Waals surface area (Å²) >= 11 is 0. The van der Waals surface area contributed by atoms with Crippen LogP contribution in [0.5, 0.6) is 0 Å². The van der Waals surface area contributed by atoms with Gasteiger partial charge in [0.2, 0.25) is 0 Å². The molecule has 1 aromatic heterocycles. The molecule has 0 spiro atoms. The Bertz CT molecular complexity index is 573. The van der Waals surface area contributed by atoms with E-state index in [0.29, 0.717) is 6.04 Å².